The van der Waals surface area contributed by atoms with Crippen molar-refractivity contribution in [1.29, 1.82) is 0 Å². The topological polar surface area (TPSA) is 70.8 Å². The van der Waals surface area contributed by atoms with Crippen LogP contribution in [-0.4, -0.2) is 31.8 Å². The molecule has 0 unspecified atom stereocenters. The third-order valence-electron chi connectivity index (χ3n) is 2.61. The molecule has 6 nitrogen and oxygen atoms in total. The summed E-state index contributed by atoms with van der Waals surface area (Å²) in [4.78, 5) is 15.6. The number of hydrogen-bond donors (Lipinski definition) is 0. The summed E-state index contributed by atoms with van der Waals surface area (Å²) >= 11 is 0. The van der Waals surface area contributed by atoms with E-state index in [2.05, 4.69) is 4.98 Å². The van der Waals surface area contributed by atoms with Crippen molar-refractivity contribution in [3.8, 4) is 23.0 Å². The van der Waals surface area contributed by atoms with Gasteiger partial charge in [-0.25, -0.2) is 9.78 Å². The van der Waals surface area contributed by atoms with Crippen molar-refractivity contribution in [2.75, 3.05) is 20.8 Å². The van der Waals surface area contributed by atoms with Crippen LogP contribution in [0.1, 0.15) is 17.5 Å². The first-order chi connectivity index (χ1) is 9.69. The maximum Gasteiger partial charge on any atom is 0.375 e. The third-order valence-corrected chi connectivity index (χ3v) is 2.61. The summed E-state index contributed by atoms with van der Waals surface area (Å²) in [5.74, 6) is 1.01. The van der Waals surface area contributed by atoms with Crippen molar-refractivity contribution in [3.05, 3.63) is 30.2 Å². The summed E-state index contributed by atoms with van der Waals surface area (Å²) in [7, 11) is 3.10. The number of benzene rings is 1. The highest BCUT2D eigenvalue weighted by Crippen LogP contribution is 2.32. The maximum absolute atomic E-state index is 11.5. The minimum Gasteiger partial charge on any atom is -0.493 e. The molecule has 0 fully saturated rings. The Morgan fingerprint density at radius 1 is 1.25 bits per heavy atom. The molecular weight excluding hydrogens is 262 g/mol. The average Bonchev–Trinajstić information content (AvgIpc) is 2.96. The Kier molecular flexibility index (Phi) is 4.24. The van der Waals surface area contributed by atoms with E-state index in [0.29, 0.717) is 23.0 Å². The SMILES string of the molecule is CCOC(=O)c1cnc(-c2ccc(OC)c(OC)c2)o1. The van der Waals surface area contributed by atoms with Crippen LogP contribution in [0.4, 0.5) is 0 Å². The number of carbonyl (C=O) groups is 1. The molecule has 0 saturated heterocycles. The zero-order valence-electron chi connectivity index (χ0n) is 11.5. The van der Waals surface area contributed by atoms with Crippen molar-refractivity contribution in [1.82, 2.24) is 4.98 Å². The summed E-state index contributed by atoms with van der Waals surface area (Å²) < 4.78 is 20.6. The molecule has 0 aliphatic heterocycles. The van der Waals surface area contributed by atoms with Gasteiger partial charge in [-0.05, 0) is 25.1 Å². The van der Waals surface area contributed by atoms with E-state index < -0.39 is 5.97 Å². The predicted molar refractivity (Wildman–Crippen MR) is 71.0 cm³/mol. The molecule has 2 rings (SSSR count). The molecule has 1 heterocycles. The average molecular weight is 277 g/mol. The van der Waals surface area contributed by atoms with Crippen molar-refractivity contribution >= 4 is 5.97 Å². The summed E-state index contributed by atoms with van der Waals surface area (Å²) in [5.41, 5.74) is 0.679. The lowest BCUT2D eigenvalue weighted by Gasteiger charge is -2.07. The second kappa shape index (κ2) is 6.10. The molecule has 1 aromatic carbocycles. The van der Waals surface area contributed by atoms with Gasteiger partial charge < -0.3 is 18.6 Å². The van der Waals surface area contributed by atoms with E-state index in [0.717, 1.165) is 0 Å². The minimum absolute atomic E-state index is 0.0663. The van der Waals surface area contributed by atoms with Gasteiger partial charge in [0.05, 0.1) is 27.0 Å². The van der Waals surface area contributed by atoms with Gasteiger partial charge in [-0.2, -0.15) is 0 Å². The van der Waals surface area contributed by atoms with E-state index in [1.807, 2.05) is 0 Å². The molecule has 0 atom stereocenters. The molecule has 1 aromatic heterocycles. The van der Waals surface area contributed by atoms with Crippen LogP contribution in [0.25, 0.3) is 11.5 Å². The molecule has 106 valence electrons. The Labute approximate surface area is 116 Å². The molecule has 6 heteroatoms. The molecule has 0 amide bonds. The number of ether oxygens (including phenoxy) is 3. The highest BCUT2D eigenvalue weighted by atomic mass is 16.5. The van der Waals surface area contributed by atoms with Crippen molar-refractivity contribution in [2.24, 2.45) is 0 Å². The van der Waals surface area contributed by atoms with E-state index in [4.69, 9.17) is 18.6 Å². The van der Waals surface area contributed by atoms with Crippen molar-refractivity contribution in [2.45, 2.75) is 6.92 Å². The van der Waals surface area contributed by atoms with Gasteiger partial charge in [0.1, 0.15) is 0 Å². The van der Waals surface area contributed by atoms with Crippen LogP contribution >= 0.6 is 0 Å². The number of methoxy groups -OCH3 is 2. The second-order valence-corrected chi connectivity index (χ2v) is 3.82. The molecule has 0 spiro atoms. The van der Waals surface area contributed by atoms with E-state index in [-0.39, 0.29) is 12.4 Å². The zero-order valence-corrected chi connectivity index (χ0v) is 11.5. The Bertz CT molecular complexity index is 605. The van der Waals surface area contributed by atoms with Crippen LogP contribution in [0, 0.1) is 0 Å². The van der Waals surface area contributed by atoms with Gasteiger partial charge in [0.2, 0.25) is 11.7 Å². The lowest BCUT2D eigenvalue weighted by molar-refractivity contribution is 0.0491. The molecule has 0 bridgehead atoms. The van der Waals surface area contributed by atoms with E-state index in [1.165, 1.54) is 6.20 Å². The second-order valence-electron chi connectivity index (χ2n) is 3.82. The van der Waals surface area contributed by atoms with Gasteiger partial charge in [-0.1, -0.05) is 0 Å². The van der Waals surface area contributed by atoms with Crippen LogP contribution < -0.4 is 9.47 Å². The van der Waals surface area contributed by atoms with Crippen LogP contribution in [-0.2, 0) is 4.74 Å². The Hall–Kier alpha value is -2.50. The largest absolute Gasteiger partial charge is 0.493 e. The first-order valence-electron chi connectivity index (χ1n) is 6.05. The van der Waals surface area contributed by atoms with Gasteiger partial charge >= 0.3 is 5.97 Å². The number of esters is 1. The summed E-state index contributed by atoms with van der Waals surface area (Å²) in [6.07, 6.45) is 1.34. The zero-order chi connectivity index (χ0) is 14.5. The standard InChI is InChI=1S/C14H15NO5/c1-4-19-14(16)12-8-15-13(20-12)9-5-6-10(17-2)11(7-9)18-3/h5-8H,4H2,1-3H3. The molecular formula is C14H15NO5. The quantitative estimate of drug-likeness (QED) is 0.782. The number of nitrogens with zero attached hydrogens (tertiary/aromatic N) is 1. The van der Waals surface area contributed by atoms with Gasteiger partial charge in [0.25, 0.3) is 0 Å². The number of rotatable bonds is 5. The molecule has 0 aliphatic carbocycles. The summed E-state index contributed by atoms with van der Waals surface area (Å²) in [5, 5.41) is 0. The van der Waals surface area contributed by atoms with Crippen molar-refractivity contribution < 1.29 is 23.4 Å². The van der Waals surface area contributed by atoms with E-state index in [9.17, 15) is 4.79 Å². The van der Waals surface area contributed by atoms with Gasteiger partial charge in [-0.15, -0.1) is 0 Å². The number of oxazole rings is 1. The fourth-order valence-corrected chi connectivity index (χ4v) is 1.67. The molecule has 0 saturated carbocycles. The predicted octanol–water partition coefficient (Wildman–Crippen LogP) is 2.54. The fourth-order valence-electron chi connectivity index (χ4n) is 1.67. The molecule has 2 aromatic rings. The normalized spacial score (nSPS) is 10.2. The molecule has 0 N–H and O–H groups in total. The lowest BCUT2D eigenvalue weighted by atomic mass is 10.2. The highest BCUT2D eigenvalue weighted by molar-refractivity contribution is 5.86. The Morgan fingerprint density at radius 2 is 2.00 bits per heavy atom. The third kappa shape index (κ3) is 2.74. The molecule has 0 aliphatic rings. The van der Waals surface area contributed by atoms with E-state index >= 15 is 0 Å². The Balaban J connectivity index is 2.30. The first kappa shape index (κ1) is 13.9. The number of hydrogen-bond acceptors (Lipinski definition) is 6. The van der Waals surface area contributed by atoms with Gasteiger partial charge in [0.15, 0.2) is 11.5 Å². The highest BCUT2D eigenvalue weighted by Gasteiger charge is 2.15. The van der Waals surface area contributed by atoms with Crippen LogP contribution in [0.3, 0.4) is 0 Å². The number of aromatic nitrogens is 1. The maximum atomic E-state index is 11.5. The fraction of sp³-hybridized carbons (Fsp3) is 0.286. The Morgan fingerprint density at radius 3 is 2.65 bits per heavy atom. The summed E-state index contributed by atoms with van der Waals surface area (Å²) in [6, 6.07) is 5.23. The molecule has 0 radical (unpaired) electrons. The van der Waals surface area contributed by atoms with Crippen LogP contribution in [0.15, 0.2) is 28.8 Å². The summed E-state index contributed by atoms with van der Waals surface area (Å²) in [6.45, 7) is 2.01. The van der Waals surface area contributed by atoms with Gasteiger partial charge in [0, 0.05) is 5.56 Å². The molecule has 20 heavy (non-hydrogen) atoms. The number of carbonyl (C=O) groups excluding carboxylic acids is 1. The van der Waals surface area contributed by atoms with E-state index in [1.54, 1.807) is 39.3 Å². The van der Waals surface area contributed by atoms with Crippen LogP contribution in [0.5, 0.6) is 11.5 Å². The monoisotopic (exact) mass is 277 g/mol. The minimum atomic E-state index is -0.535. The smallest absolute Gasteiger partial charge is 0.375 e. The van der Waals surface area contributed by atoms with Crippen LogP contribution in [0.2, 0.25) is 0 Å². The first-order valence-corrected chi connectivity index (χ1v) is 6.05. The van der Waals surface area contributed by atoms with Gasteiger partial charge in [-0.3, -0.25) is 0 Å². The van der Waals surface area contributed by atoms with Crippen molar-refractivity contribution in [3.63, 3.8) is 0 Å². The lowest BCUT2D eigenvalue weighted by Crippen LogP contribution is -2.02.